The Hall–Kier alpha value is 0.380. The summed E-state index contributed by atoms with van der Waals surface area (Å²) in [6.07, 6.45) is -5.46. The van der Waals surface area contributed by atoms with Crippen LogP contribution >= 0.6 is 0 Å². The Morgan fingerprint density at radius 1 is 1.29 bits per heavy atom. The monoisotopic (exact) mass is 281 g/mol. The first-order valence-electron chi connectivity index (χ1n) is 4.04. The number of aliphatic hydroxyl groups excluding tert-OH is 3. The molecule has 5 N–H and O–H groups in total. The van der Waals surface area contributed by atoms with E-state index in [0.717, 1.165) is 0 Å². The summed E-state index contributed by atoms with van der Waals surface area (Å²) in [5.74, 6) is 0. The third-order valence-electron chi connectivity index (χ3n) is 1.68. The van der Waals surface area contributed by atoms with Crippen molar-refractivity contribution < 1.29 is 66.8 Å². The molecule has 0 aliphatic rings. The molecule has 0 spiro atoms. The first-order chi connectivity index (χ1) is 7.19. The normalized spacial score (nSPS) is 18.6. The SMILES string of the molecule is N[C@@H](C=O)[C@@H](O)[C@H](O)[C@H](O)COS(=O)(=O)[O-].[Na+]. The summed E-state index contributed by atoms with van der Waals surface area (Å²) >= 11 is 0. The average Bonchev–Trinajstić information content (AvgIpc) is 2.21. The molecule has 17 heavy (non-hydrogen) atoms. The van der Waals surface area contributed by atoms with Crippen LogP contribution < -0.4 is 35.3 Å². The quantitative estimate of drug-likeness (QED) is 0.153. The molecule has 11 heteroatoms. The van der Waals surface area contributed by atoms with Crippen LogP contribution in [-0.2, 0) is 19.4 Å². The van der Waals surface area contributed by atoms with Crippen molar-refractivity contribution in [3.63, 3.8) is 0 Å². The van der Waals surface area contributed by atoms with Crippen LogP contribution in [0.15, 0.2) is 0 Å². The molecule has 0 aliphatic heterocycles. The van der Waals surface area contributed by atoms with Crippen molar-refractivity contribution in [3.8, 4) is 0 Å². The summed E-state index contributed by atoms with van der Waals surface area (Å²) in [5.41, 5.74) is 5.03. The van der Waals surface area contributed by atoms with Crippen LogP contribution in [0.4, 0.5) is 0 Å². The van der Waals surface area contributed by atoms with E-state index in [9.17, 15) is 17.8 Å². The van der Waals surface area contributed by atoms with E-state index in [1.165, 1.54) is 0 Å². The topological polar surface area (TPSA) is 170 Å². The Kier molecular flexibility index (Phi) is 9.83. The number of hydrogen-bond donors (Lipinski definition) is 4. The summed E-state index contributed by atoms with van der Waals surface area (Å²) < 4.78 is 33.7. The molecule has 96 valence electrons. The minimum absolute atomic E-state index is 0. The van der Waals surface area contributed by atoms with Crippen molar-refractivity contribution in [2.45, 2.75) is 24.4 Å². The number of rotatable bonds is 7. The first kappa shape index (κ1) is 19.7. The molecule has 0 fully saturated rings. The number of aldehydes is 1. The van der Waals surface area contributed by atoms with Crippen LogP contribution in [0.2, 0.25) is 0 Å². The summed E-state index contributed by atoms with van der Waals surface area (Å²) in [5, 5.41) is 27.4. The van der Waals surface area contributed by atoms with E-state index < -0.39 is 41.4 Å². The zero-order chi connectivity index (χ0) is 12.9. The fourth-order valence-corrected chi connectivity index (χ4v) is 1.09. The molecular weight excluding hydrogens is 269 g/mol. The predicted octanol–water partition coefficient (Wildman–Crippen LogP) is -6.92. The van der Waals surface area contributed by atoms with E-state index >= 15 is 0 Å². The number of aliphatic hydroxyl groups is 3. The maximum absolute atomic E-state index is 10.1. The molecule has 9 nitrogen and oxygen atoms in total. The van der Waals surface area contributed by atoms with Crippen molar-refractivity contribution >= 4 is 16.7 Å². The molecule has 0 radical (unpaired) electrons. The molecular formula is C6H12NNaO8S. The molecule has 0 aliphatic carbocycles. The van der Waals surface area contributed by atoms with Gasteiger partial charge in [0.05, 0.1) is 12.6 Å². The van der Waals surface area contributed by atoms with Gasteiger partial charge < -0.3 is 30.4 Å². The van der Waals surface area contributed by atoms with Gasteiger partial charge in [-0.05, 0) is 0 Å². The first-order valence-corrected chi connectivity index (χ1v) is 5.37. The minimum Gasteiger partial charge on any atom is -0.726 e. The van der Waals surface area contributed by atoms with E-state index in [-0.39, 0.29) is 35.8 Å². The van der Waals surface area contributed by atoms with Gasteiger partial charge in [-0.3, -0.25) is 4.18 Å². The van der Waals surface area contributed by atoms with E-state index in [1.807, 2.05) is 0 Å². The fraction of sp³-hybridized carbons (Fsp3) is 0.833. The molecule has 0 aromatic rings. The van der Waals surface area contributed by atoms with Crippen molar-refractivity contribution in [2.75, 3.05) is 6.61 Å². The van der Waals surface area contributed by atoms with Gasteiger partial charge in [0.1, 0.15) is 24.6 Å². The summed E-state index contributed by atoms with van der Waals surface area (Å²) in [4.78, 5) is 10.1. The number of carbonyl (C=O) groups is 1. The predicted molar refractivity (Wildman–Crippen MR) is 47.7 cm³/mol. The minimum atomic E-state index is -5.01. The van der Waals surface area contributed by atoms with Crippen LogP contribution in [0.25, 0.3) is 0 Å². The van der Waals surface area contributed by atoms with Gasteiger partial charge in [0, 0.05) is 0 Å². The van der Waals surface area contributed by atoms with Crippen molar-refractivity contribution in [3.05, 3.63) is 0 Å². The van der Waals surface area contributed by atoms with E-state index in [4.69, 9.17) is 21.1 Å². The van der Waals surface area contributed by atoms with Crippen molar-refractivity contribution in [2.24, 2.45) is 5.73 Å². The third kappa shape index (κ3) is 8.15. The fourth-order valence-electron chi connectivity index (χ4n) is 0.787. The largest absolute Gasteiger partial charge is 1.00 e. The van der Waals surface area contributed by atoms with Crippen LogP contribution in [0.1, 0.15) is 0 Å². The maximum Gasteiger partial charge on any atom is 1.00 e. The molecule has 0 amide bonds. The average molecular weight is 281 g/mol. The smallest absolute Gasteiger partial charge is 0.726 e. The van der Waals surface area contributed by atoms with Crippen LogP contribution in [0.3, 0.4) is 0 Å². The van der Waals surface area contributed by atoms with Gasteiger partial charge in [0.2, 0.25) is 10.4 Å². The van der Waals surface area contributed by atoms with Gasteiger partial charge in [-0.15, -0.1) is 0 Å². The molecule has 0 rings (SSSR count). The number of nitrogens with two attached hydrogens (primary N) is 1. The summed E-state index contributed by atoms with van der Waals surface area (Å²) in [6, 6.07) is -1.45. The van der Waals surface area contributed by atoms with Crippen LogP contribution in [0, 0.1) is 0 Å². The Balaban J connectivity index is 0. The molecule has 0 aromatic heterocycles. The Morgan fingerprint density at radius 3 is 2.12 bits per heavy atom. The van der Waals surface area contributed by atoms with Gasteiger partial charge in [0.25, 0.3) is 0 Å². The van der Waals surface area contributed by atoms with E-state index in [1.54, 1.807) is 0 Å². The zero-order valence-electron chi connectivity index (χ0n) is 8.96. The molecule has 0 saturated heterocycles. The second-order valence-corrected chi connectivity index (χ2v) is 4.01. The van der Waals surface area contributed by atoms with Gasteiger partial charge in [-0.2, -0.15) is 0 Å². The van der Waals surface area contributed by atoms with Crippen molar-refractivity contribution in [1.29, 1.82) is 0 Å². The van der Waals surface area contributed by atoms with Gasteiger partial charge in [0.15, 0.2) is 0 Å². The maximum atomic E-state index is 10.1. The van der Waals surface area contributed by atoms with Crippen LogP contribution in [-0.4, -0.2) is 65.5 Å². The second-order valence-electron chi connectivity index (χ2n) is 2.95. The Labute approximate surface area is 120 Å². The number of hydrogen-bond acceptors (Lipinski definition) is 9. The molecule has 0 unspecified atom stereocenters. The Morgan fingerprint density at radius 2 is 1.76 bits per heavy atom. The summed E-state index contributed by atoms with van der Waals surface area (Å²) in [7, 11) is -5.01. The van der Waals surface area contributed by atoms with Crippen LogP contribution in [0.5, 0.6) is 0 Å². The van der Waals surface area contributed by atoms with E-state index in [0.29, 0.717) is 0 Å². The third-order valence-corrected chi connectivity index (χ3v) is 2.10. The molecule has 0 heterocycles. The molecule has 0 bridgehead atoms. The van der Waals surface area contributed by atoms with Gasteiger partial charge >= 0.3 is 29.6 Å². The zero-order valence-corrected chi connectivity index (χ0v) is 11.8. The Bertz CT molecular complexity index is 322. The second kappa shape index (κ2) is 8.48. The van der Waals surface area contributed by atoms with Crippen molar-refractivity contribution in [1.82, 2.24) is 0 Å². The molecule has 4 atom stereocenters. The standard InChI is InChI=1S/C6H13NO8S.Na/c7-3(1-8)5(10)6(11)4(9)2-15-16(12,13)14;/h1,3-6,9-11H,2,7H2,(H,12,13,14);/q;+1/p-1/t3-,4+,5+,6+;/m0./s1. The number of carbonyl (C=O) groups excluding carboxylic acids is 1. The molecule has 0 saturated carbocycles. The van der Waals surface area contributed by atoms with Gasteiger partial charge in [-0.25, -0.2) is 8.42 Å². The summed E-state index contributed by atoms with van der Waals surface area (Å²) in [6.45, 7) is -1.05. The van der Waals surface area contributed by atoms with Gasteiger partial charge in [-0.1, -0.05) is 0 Å². The molecule has 0 aromatic carbocycles. The van der Waals surface area contributed by atoms with E-state index in [2.05, 4.69) is 4.18 Å².